The fourth-order valence-corrected chi connectivity index (χ4v) is 2.26. The smallest absolute Gasteiger partial charge is 0.260 e. The van der Waals surface area contributed by atoms with E-state index in [1.54, 1.807) is 24.1 Å². The van der Waals surface area contributed by atoms with Gasteiger partial charge in [0, 0.05) is 18.6 Å². The van der Waals surface area contributed by atoms with Crippen LogP contribution >= 0.6 is 11.6 Å². The monoisotopic (exact) mass is 333 g/mol. The van der Waals surface area contributed by atoms with Crippen LogP contribution in [0.2, 0.25) is 5.02 Å². The van der Waals surface area contributed by atoms with Crippen LogP contribution in [-0.2, 0) is 11.3 Å². The molecule has 0 aromatic heterocycles. The van der Waals surface area contributed by atoms with Gasteiger partial charge in [-0.2, -0.15) is 0 Å². The Balaban J connectivity index is 1.83. The van der Waals surface area contributed by atoms with Crippen LogP contribution < -0.4 is 9.47 Å². The molecule has 2 rings (SSSR count). The number of carbonyl (C=O) groups is 1. The molecule has 0 radical (unpaired) electrons. The molecule has 4 nitrogen and oxygen atoms in total. The minimum atomic E-state index is -0.0983. The molecule has 0 saturated heterocycles. The van der Waals surface area contributed by atoms with Gasteiger partial charge in [-0.1, -0.05) is 23.7 Å². The van der Waals surface area contributed by atoms with Gasteiger partial charge in [-0.3, -0.25) is 4.79 Å². The third kappa shape index (κ3) is 5.49. The zero-order chi connectivity index (χ0) is 16.7. The van der Waals surface area contributed by atoms with Crippen LogP contribution in [0.25, 0.3) is 0 Å². The van der Waals surface area contributed by atoms with Gasteiger partial charge in [0.05, 0.1) is 6.61 Å². The number of hydrogen-bond acceptors (Lipinski definition) is 3. The fourth-order valence-electron chi connectivity index (χ4n) is 2.05. The summed E-state index contributed by atoms with van der Waals surface area (Å²) in [6, 6.07) is 14.7. The standard InChI is InChI=1S/C18H20ClNO3/c1-3-22-16-7-9-17(10-8-16)23-13-18(21)20(2)12-14-5-4-6-15(19)11-14/h4-11H,3,12-13H2,1-2H3. The lowest BCUT2D eigenvalue weighted by atomic mass is 10.2. The molecule has 23 heavy (non-hydrogen) atoms. The Kier molecular flexibility index (Phi) is 6.29. The molecule has 1 amide bonds. The summed E-state index contributed by atoms with van der Waals surface area (Å²) in [5.74, 6) is 1.32. The number of nitrogens with zero attached hydrogens (tertiary/aromatic N) is 1. The number of likely N-dealkylation sites (N-methyl/N-ethyl adjacent to an activating group) is 1. The van der Waals surface area contributed by atoms with E-state index < -0.39 is 0 Å². The Morgan fingerprint density at radius 3 is 2.35 bits per heavy atom. The number of amides is 1. The summed E-state index contributed by atoms with van der Waals surface area (Å²) in [7, 11) is 1.74. The molecule has 0 fully saturated rings. The van der Waals surface area contributed by atoms with Crippen molar-refractivity contribution in [1.29, 1.82) is 0 Å². The number of rotatable bonds is 7. The van der Waals surface area contributed by atoms with Crippen molar-refractivity contribution in [1.82, 2.24) is 4.90 Å². The van der Waals surface area contributed by atoms with E-state index in [9.17, 15) is 4.79 Å². The maximum atomic E-state index is 12.1. The van der Waals surface area contributed by atoms with Crippen LogP contribution in [0.4, 0.5) is 0 Å². The van der Waals surface area contributed by atoms with E-state index in [2.05, 4.69) is 0 Å². The van der Waals surface area contributed by atoms with E-state index in [1.807, 2.05) is 43.3 Å². The van der Waals surface area contributed by atoms with Crippen molar-refractivity contribution < 1.29 is 14.3 Å². The number of hydrogen-bond donors (Lipinski definition) is 0. The summed E-state index contributed by atoms with van der Waals surface area (Å²) in [5, 5.41) is 0.661. The quantitative estimate of drug-likeness (QED) is 0.774. The highest BCUT2D eigenvalue weighted by molar-refractivity contribution is 6.30. The molecule has 0 bridgehead atoms. The lowest BCUT2D eigenvalue weighted by Gasteiger charge is -2.17. The van der Waals surface area contributed by atoms with Gasteiger partial charge in [-0.25, -0.2) is 0 Å². The SMILES string of the molecule is CCOc1ccc(OCC(=O)N(C)Cc2cccc(Cl)c2)cc1. The third-order valence-corrected chi connectivity index (χ3v) is 3.47. The second-order valence-electron chi connectivity index (χ2n) is 5.07. The van der Waals surface area contributed by atoms with E-state index in [1.165, 1.54) is 0 Å². The molecule has 0 aliphatic heterocycles. The van der Waals surface area contributed by atoms with Crippen molar-refractivity contribution in [3.8, 4) is 11.5 Å². The van der Waals surface area contributed by atoms with Crippen molar-refractivity contribution in [2.45, 2.75) is 13.5 Å². The lowest BCUT2D eigenvalue weighted by Crippen LogP contribution is -2.30. The number of benzene rings is 2. The van der Waals surface area contributed by atoms with Crippen LogP contribution in [0.3, 0.4) is 0 Å². The lowest BCUT2D eigenvalue weighted by molar-refractivity contribution is -0.132. The second kappa shape index (κ2) is 8.44. The Labute approximate surface area is 141 Å². The van der Waals surface area contributed by atoms with Gasteiger partial charge in [0.2, 0.25) is 0 Å². The van der Waals surface area contributed by atoms with E-state index in [0.717, 1.165) is 11.3 Å². The molecule has 0 unspecified atom stereocenters. The van der Waals surface area contributed by atoms with Crippen molar-refractivity contribution in [3.05, 3.63) is 59.1 Å². The molecular formula is C18H20ClNO3. The summed E-state index contributed by atoms with van der Waals surface area (Å²) in [6.45, 7) is 3.03. The Bertz CT molecular complexity index is 643. The van der Waals surface area contributed by atoms with Crippen molar-refractivity contribution in [3.63, 3.8) is 0 Å². The Hall–Kier alpha value is -2.20. The Morgan fingerprint density at radius 2 is 1.74 bits per heavy atom. The van der Waals surface area contributed by atoms with E-state index in [4.69, 9.17) is 21.1 Å². The van der Waals surface area contributed by atoms with Gasteiger partial charge in [-0.05, 0) is 48.9 Å². The molecule has 5 heteroatoms. The first-order valence-electron chi connectivity index (χ1n) is 7.42. The second-order valence-corrected chi connectivity index (χ2v) is 5.51. The molecular weight excluding hydrogens is 314 g/mol. The first-order valence-corrected chi connectivity index (χ1v) is 7.80. The summed E-state index contributed by atoms with van der Waals surface area (Å²) < 4.78 is 10.9. The topological polar surface area (TPSA) is 38.8 Å². The number of ether oxygens (including phenoxy) is 2. The molecule has 0 N–H and O–H groups in total. The van der Waals surface area contributed by atoms with Gasteiger partial charge < -0.3 is 14.4 Å². The molecule has 0 heterocycles. The highest BCUT2D eigenvalue weighted by atomic mass is 35.5. The average Bonchev–Trinajstić information content (AvgIpc) is 2.54. The van der Waals surface area contributed by atoms with Gasteiger partial charge in [0.1, 0.15) is 11.5 Å². The van der Waals surface area contributed by atoms with Crippen molar-refractivity contribution >= 4 is 17.5 Å². The summed E-state index contributed by atoms with van der Waals surface area (Å²) in [5.41, 5.74) is 0.981. The van der Waals surface area contributed by atoms with Crippen molar-refractivity contribution in [2.24, 2.45) is 0 Å². The maximum Gasteiger partial charge on any atom is 0.260 e. The van der Waals surface area contributed by atoms with Gasteiger partial charge >= 0.3 is 0 Å². The normalized spacial score (nSPS) is 10.2. The number of halogens is 1. The van der Waals surface area contributed by atoms with E-state index in [0.29, 0.717) is 23.9 Å². The molecule has 0 spiro atoms. The van der Waals surface area contributed by atoms with Crippen LogP contribution in [0.1, 0.15) is 12.5 Å². The molecule has 0 saturated carbocycles. The molecule has 2 aromatic rings. The van der Waals surface area contributed by atoms with Crippen LogP contribution in [-0.4, -0.2) is 31.1 Å². The molecule has 0 aliphatic rings. The van der Waals surface area contributed by atoms with Crippen LogP contribution in [0.15, 0.2) is 48.5 Å². The summed E-state index contributed by atoms with van der Waals surface area (Å²) in [6.07, 6.45) is 0. The molecule has 122 valence electrons. The first-order chi connectivity index (χ1) is 11.1. The average molecular weight is 334 g/mol. The van der Waals surface area contributed by atoms with Crippen molar-refractivity contribution in [2.75, 3.05) is 20.3 Å². The van der Waals surface area contributed by atoms with E-state index in [-0.39, 0.29) is 12.5 Å². The largest absolute Gasteiger partial charge is 0.494 e. The zero-order valence-electron chi connectivity index (χ0n) is 13.3. The first kappa shape index (κ1) is 17.2. The molecule has 2 aromatic carbocycles. The number of carbonyl (C=O) groups excluding carboxylic acids is 1. The van der Waals surface area contributed by atoms with Crippen LogP contribution in [0.5, 0.6) is 11.5 Å². The minimum absolute atomic E-state index is 0.00888. The summed E-state index contributed by atoms with van der Waals surface area (Å²) in [4.78, 5) is 13.7. The predicted molar refractivity (Wildman–Crippen MR) is 91.0 cm³/mol. The fraction of sp³-hybridized carbons (Fsp3) is 0.278. The van der Waals surface area contributed by atoms with Crippen LogP contribution in [0, 0.1) is 0 Å². The van der Waals surface area contributed by atoms with Gasteiger partial charge in [0.15, 0.2) is 6.61 Å². The Morgan fingerprint density at radius 1 is 1.09 bits per heavy atom. The molecule has 0 atom stereocenters. The van der Waals surface area contributed by atoms with Gasteiger partial charge in [0.25, 0.3) is 5.91 Å². The maximum absolute atomic E-state index is 12.1. The summed E-state index contributed by atoms with van der Waals surface area (Å²) >= 11 is 5.95. The molecule has 0 aliphatic carbocycles. The highest BCUT2D eigenvalue weighted by Gasteiger charge is 2.10. The minimum Gasteiger partial charge on any atom is -0.494 e. The predicted octanol–water partition coefficient (Wildman–Crippen LogP) is 3.78. The van der Waals surface area contributed by atoms with E-state index >= 15 is 0 Å². The van der Waals surface area contributed by atoms with Gasteiger partial charge in [-0.15, -0.1) is 0 Å². The third-order valence-electron chi connectivity index (χ3n) is 3.23. The highest BCUT2D eigenvalue weighted by Crippen LogP contribution is 2.17. The zero-order valence-corrected chi connectivity index (χ0v) is 14.0.